The van der Waals surface area contributed by atoms with E-state index in [1.54, 1.807) is 0 Å². The number of anilines is 1. The van der Waals surface area contributed by atoms with Gasteiger partial charge in [0.25, 0.3) is 11.8 Å². The molecule has 0 aromatic heterocycles. The minimum Gasteiger partial charge on any atom is -0.465 e. The maximum Gasteiger partial charge on any atom is 0.409 e. The van der Waals surface area contributed by atoms with E-state index in [2.05, 4.69) is 5.32 Å². The zero-order valence-corrected chi connectivity index (χ0v) is 8.35. The molecule has 2 N–H and O–H groups in total. The molecule has 16 heavy (non-hydrogen) atoms. The Balaban J connectivity index is 2.45. The molecule has 0 unspecified atom stereocenters. The molecule has 1 aromatic rings. The molecule has 0 saturated heterocycles. The zero-order valence-electron chi connectivity index (χ0n) is 8.35. The maximum absolute atomic E-state index is 11.6. The van der Waals surface area contributed by atoms with Crippen molar-refractivity contribution in [2.45, 2.75) is 0 Å². The van der Waals surface area contributed by atoms with E-state index >= 15 is 0 Å². The summed E-state index contributed by atoms with van der Waals surface area (Å²) < 4.78 is 0. The molecule has 0 saturated carbocycles. The third-order valence-corrected chi connectivity index (χ3v) is 2.34. The summed E-state index contributed by atoms with van der Waals surface area (Å²) in [4.78, 5) is 34.5. The van der Waals surface area contributed by atoms with E-state index in [4.69, 9.17) is 5.11 Å². The minimum atomic E-state index is -1.22. The third kappa shape index (κ3) is 1.40. The molecule has 6 nitrogen and oxygen atoms in total. The molecule has 6 heteroatoms. The number of carbonyl (C=O) groups is 3. The van der Waals surface area contributed by atoms with Gasteiger partial charge >= 0.3 is 6.09 Å². The van der Waals surface area contributed by atoms with Crippen molar-refractivity contribution < 1.29 is 19.5 Å². The Kier molecular flexibility index (Phi) is 2.12. The van der Waals surface area contributed by atoms with Crippen molar-refractivity contribution in [3.63, 3.8) is 0 Å². The molecule has 2 rings (SSSR count). The van der Waals surface area contributed by atoms with Crippen LogP contribution in [0.2, 0.25) is 0 Å². The van der Waals surface area contributed by atoms with Crippen LogP contribution in [0.1, 0.15) is 20.7 Å². The van der Waals surface area contributed by atoms with Crippen LogP contribution in [-0.4, -0.2) is 35.0 Å². The number of fused-ring (bicyclic) bond motifs is 1. The monoisotopic (exact) mass is 220 g/mol. The van der Waals surface area contributed by atoms with E-state index in [-0.39, 0.29) is 17.2 Å². The second kappa shape index (κ2) is 3.34. The fraction of sp³-hybridized carbons (Fsp3) is 0.100. The van der Waals surface area contributed by atoms with Crippen LogP contribution >= 0.6 is 0 Å². The van der Waals surface area contributed by atoms with Gasteiger partial charge in [-0.15, -0.1) is 0 Å². The number of imide groups is 1. The first-order valence-corrected chi connectivity index (χ1v) is 4.47. The van der Waals surface area contributed by atoms with Crippen molar-refractivity contribution >= 4 is 23.6 Å². The molecule has 0 radical (unpaired) electrons. The molecule has 82 valence electrons. The van der Waals surface area contributed by atoms with Gasteiger partial charge in [-0.05, 0) is 18.2 Å². The summed E-state index contributed by atoms with van der Waals surface area (Å²) in [5, 5.41) is 10.6. The van der Waals surface area contributed by atoms with Crippen molar-refractivity contribution in [2.24, 2.45) is 0 Å². The molecule has 1 aliphatic rings. The molecule has 1 heterocycles. The number of nitrogens with one attached hydrogen (secondary N) is 1. The Hall–Kier alpha value is -2.37. The number of carboxylic acid groups (broad SMARTS) is 1. The number of nitrogens with zero attached hydrogens (tertiary/aromatic N) is 1. The number of hydrogen-bond acceptors (Lipinski definition) is 3. The van der Waals surface area contributed by atoms with E-state index in [1.165, 1.54) is 25.2 Å². The first-order valence-electron chi connectivity index (χ1n) is 4.47. The van der Waals surface area contributed by atoms with Crippen molar-refractivity contribution in [1.82, 2.24) is 4.90 Å². The molecule has 1 aliphatic heterocycles. The number of hydrogen-bond donors (Lipinski definition) is 2. The van der Waals surface area contributed by atoms with E-state index in [1.807, 2.05) is 0 Å². The fourth-order valence-corrected chi connectivity index (χ4v) is 1.56. The highest BCUT2D eigenvalue weighted by Gasteiger charge is 2.32. The Morgan fingerprint density at radius 1 is 1.25 bits per heavy atom. The van der Waals surface area contributed by atoms with Crippen LogP contribution in [-0.2, 0) is 0 Å². The average molecular weight is 220 g/mol. The summed E-state index contributed by atoms with van der Waals surface area (Å²) in [6.07, 6.45) is -1.22. The topological polar surface area (TPSA) is 86.7 Å². The maximum atomic E-state index is 11.6. The van der Waals surface area contributed by atoms with Gasteiger partial charge in [0.1, 0.15) is 0 Å². The lowest BCUT2D eigenvalue weighted by Gasteiger charge is -2.02. The van der Waals surface area contributed by atoms with Crippen LogP contribution in [0.15, 0.2) is 18.2 Å². The van der Waals surface area contributed by atoms with Gasteiger partial charge in [0.2, 0.25) is 0 Å². The van der Waals surface area contributed by atoms with Gasteiger partial charge in [-0.25, -0.2) is 4.79 Å². The van der Waals surface area contributed by atoms with Gasteiger partial charge in [-0.3, -0.25) is 19.8 Å². The molecule has 0 atom stereocenters. The van der Waals surface area contributed by atoms with Crippen molar-refractivity contribution in [2.75, 3.05) is 12.4 Å². The predicted octanol–water partition coefficient (Wildman–Crippen LogP) is 1.00. The SMILES string of the molecule is CN1C(=O)c2ccc(NC(=O)O)cc2C1=O. The largest absolute Gasteiger partial charge is 0.465 e. The van der Waals surface area contributed by atoms with Gasteiger partial charge in [-0.2, -0.15) is 0 Å². The van der Waals surface area contributed by atoms with Gasteiger partial charge in [0.15, 0.2) is 0 Å². The van der Waals surface area contributed by atoms with Crippen LogP contribution in [0.3, 0.4) is 0 Å². The highest BCUT2D eigenvalue weighted by Crippen LogP contribution is 2.24. The van der Waals surface area contributed by atoms with Gasteiger partial charge < -0.3 is 5.11 Å². The summed E-state index contributed by atoms with van der Waals surface area (Å²) in [6.45, 7) is 0. The van der Waals surface area contributed by atoms with E-state index < -0.39 is 12.0 Å². The number of benzene rings is 1. The van der Waals surface area contributed by atoms with Crippen LogP contribution in [0.5, 0.6) is 0 Å². The zero-order chi connectivity index (χ0) is 11.9. The lowest BCUT2D eigenvalue weighted by molar-refractivity contribution is 0.0693. The normalized spacial score (nSPS) is 13.9. The van der Waals surface area contributed by atoms with Gasteiger partial charge in [0.05, 0.1) is 11.1 Å². The molecule has 3 amide bonds. The van der Waals surface area contributed by atoms with E-state index in [9.17, 15) is 14.4 Å². The fourth-order valence-electron chi connectivity index (χ4n) is 1.56. The van der Waals surface area contributed by atoms with Crippen LogP contribution in [0.25, 0.3) is 0 Å². The molecule has 0 aliphatic carbocycles. The summed E-state index contributed by atoms with van der Waals surface area (Å²) in [7, 11) is 1.38. The Labute approximate surface area is 90.5 Å². The lowest BCUT2D eigenvalue weighted by Crippen LogP contribution is -2.24. The average Bonchev–Trinajstić information content (AvgIpc) is 2.43. The Bertz CT molecular complexity index is 510. The number of amides is 3. The van der Waals surface area contributed by atoms with E-state index in [0.29, 0.717) is 5.56 Å². The standard InChI is InChI=1S/C10H8N2O4/c1-12-8(13)6-3-2-5(11-10(15)16)4-7(6)9(12)14/h2-4,11H,1H3,(H,15,16). The summed E-state index contributed by atoms with van der Waals surface area (Å²) in [6, 6.07) is 4.23. The smallest absolute Gasteiger partial charge is 0.409 e. The molecule has 0 bridgehead atoms. The summed E-state index contributed by atoms with van der Waals surface area (Å²) >= 11 is 0. The number of rotatable bonds is 1. The summed E-state index contributed by atoms with van der Waals surface area (Å²) in [5.74, 6) is -0.795. The lowest BCUT2D eigenvalue weighted by atomic mass is 10.1. The van der Waals surface area contributed by atoms with Crippen molar-refractivity contribution in [3.05, 3.63) is 29.3 Å². The number of carbonyl (C=O) groups excluding carboxylic acids is 2. The Morgan fingerprint density at radius 3 is 2.50 bits per heavy atom. The van der Waals surface area contributed by atoms with Crippen molar-refractivity contribution in [1.29, 1.82) is 0 Å². The second-order valence-electron chi connectivity index (χ2n) is 3.36. The van der Waals surface area contributed by atoms with Gasteiger partial charge in [-0.1, -0.05) is 0 Å². The quantitative estimate of drug-likeness (QED) is 0.691. The summed E-state index contributed by atoms with van der Waals surface area (Å²) in [5.41, 5.74) is 0.782. The highest BCUT2D eigenvalue weighted by atomic mass is 16.4. The van der Waals surface area contributed by atoms with Crippen LogP contribution in [0, 0.1) is 0 Å². The van der Waals surface area contributed by atoms with Gasteiger partial charge in [0, 0.05) is 12.7 Å². The van der Waals surface area contributed by atoms with Crippen molar-refractivity contribution in [3.8, 4) is 0 Å². The molecular formula is C10H8N2O4. The Morgan fingerprint density at radius 2 is 1.88 bits per heavy atom. The minimum absolute atomic E-state index is 0.221. The first kappa shape index (κ1) is 10.2. The van der Waals surface area contributed by atoms with Crippen LogP contribution < -0.4 is 5.32 Å². The molecule has 0 spiro atoms. The third-order valence-electron chi connectivity index (χ3n) is 2.34. The molecule has 1 aromatic carbocycles. The second-order valence-corrected chi connectivity index (χ2v) is 3.36. The predicted molar refractivity (Wildman–Crippen MR) is 54.5 cm³/mol. The molecule has 0 fully saturated rings. The first-order chi connectivity index (χ1) is 7.50. The molecular weight excluding hydrogens is 212 g/mol. The van der Waals surface area contributed by atoms with Crippen LogP contribution in [0.4, 0.5) is 10.5 Å². The highest BCUT2D eigenvalue weighted by molar-refractivity contribution is 6.21. The van der Waals surface area contributed by atoms with E-state index in [0.717, 1.165) is 4.90 Å².